The summed E-state index contributed by atoms with van der Waals surface area (Å²) in [4.78, 5) is 0. The van der Waals surface area contributed by atoms with Gasteiger partial charge in [-0.25, -0.2) is 0 Å². The van der Waals surface area contributed by atoms with Gasteiger partial charge in [-0.1, -0.05) is 64.5 Å². The molecule has 0 saturated heterocycles. The molecular formula is C17H17BrO. The van der Waals surface area contributed by atoms with Gasteiger partial charge >= 0.3 is 0 Å². The third-order valence-corrected chi connectivity index (χ3v) is 3.40. The number of allylic oxidation sites excluding steroid dienone is 1. The second-order valence-electron chi connectivity index (χ2n) is 4.19. The lowest BCUT2D eigenvalue weighted by Gasteiger charge is -2.09. The summed E-state index contributed by atoms with van der Waals surface area (Å²) in [5.41, 5.74) is 3.73. The average Bonchev–Trinajstić information content (AvgIpc) is 2.49. The van der Waals surface area contributed by atoms with Crippen molar-refractivity contribution in [2.45, 2.75) is 6.42 Å². The van der Waals surface area contributed by atoms with Gasteiger partial charge in [0.1, 0.15) is 5.75 Å². The Morgan fingerprint density at radius 1 is 1.00 bits per heavy atom. The molecule has 2 heteroatoms. The standard InChI is InChI=1S/C17H17BrO/c1-19-16-11-9-15(10-12-16)17(8-5-13-18)14-6-3-2-4-7-14/h2-4,6-12H,5,13H2,1H3/b17-8+. The van der Waals surface area contributed by atoms with E-state index in [9.17, 15) is 0 Å². The molecule has 0 radical (unpaired) electrons. The highest BCUT2D eigenvalue weighted by atomic mass is 79.9. The van der Waals surface area contributed by atoms with Gasteiger partial charge in [0.15, 0.2) is 0 Å². The van der Waals surface area contributed by atoms with Crippen molar-refractivity contribution in [1.82, 2.24) is 0 Å². The van der Waals surface area contributed by atoms with E-state index in [1.807, 2.05) is 18.2 Å². The van der Waals surface area contributed by atoms with E-state index in [0.29, 0.717) is 0 Å². The van der Waals surface area contributed by atoms with E-state index in [4.69, 9.17) is 4.74 Å². The molecule has 1 nitrogen and oxygen atoms in total. The maximum absolute atomic E-state index is 5.21. The fourth-order valence-electron chi connectivity index (χ4n) is 1.99. The Kier molecular flexibility index (Phi) is 5.22. The summed E-state index contributed by atoms with van der Waals surface area (Å²) in [6.45, 7) is 0. The van der Waals surface area contributed by atoms with Gasteiger partial charge in [-0.2, -0.15) is 0 Å². The summed E-state index contributed by atoms with van der Waals surface area (Å²) in [6, 6.07) is 18.7. The van der Waals surface area contributed by atoms with Gasteiger partial charge in [0, 0.05) is 5.33 Å². The van der Waals surface area contributed by atoms with E-state index < -0.39 is 0 Å². The zero-order valence-corrected chi connectivity index (χ0v) is 12.6. The molecule has 19 heavy (non-hydrogen) atoms. The largest absolute Gasteiger partial charge is 0.497 e. The SMILES string of the molecule is COc1ccc(/C(=C/CCBr)c2ccccc2)cc1. The monoisotopic (exact) mass is 316 g/mol. The van der Waals surface area contributed by atoms with Crippen LogP contribution in [0, 0.1) is 0 Å². The molecule has 0 atom stereocenters. The van der Waals surface area contributed by atoms with Gasteiger partial charge in [-0.3, -0.25) is 0 Å². The van der Waals surface area contributed by atoms with Crippen LogP contribution in [0.1, 0.15) is 17.5 Å². The van der Waals surface area contributed by atoms with Crippen LogP contribution in [-0.4, -0.2) is 12.4 Å². The quantitative estimate of drug-likeness (QED) is 0.712. The molecule has 2 aromatic rings. The molecule has 0 heterocycles. The summed E-state index contributed by atoms with van der Waals surface area (Å²) in [7, 11) is 1.69. The highest BCUT2D eigenvalue weighted by molar-refractivity contribution is 9.09. The fourth-order valence-corrected chi connectivity index (χ4v) is 2.22. The summed E-state index contributed by atoms with van der Waals surface area (Å²) >= 11 is 3.48. The van der Waals surface area contributed by atoms with Crippen LogP contribution < -0.4 is 4.74 Å². The Balaban J connectivity index is 2.37. The second kappa shape index (κ2) is 7.15. The van der Waals surface area contributed by atoms with Crippen LogP contribution in [0.15, 0.2) is 60.7 Å². The molecule has 0 N–H and O–H groups in total. The first-order valence-electron chi connectivity index (χ1n) is 6.31. The van der Waals surface area contributed by atoms with E-state index >= 15 is 0 Å². The summed E-state index contributed by atoms with van der Waals surface area (Å²) in [5, 5.41) is 0.972. The van der Waals surface area contributed by atoms with Gasteiger partial charge in [-0.15, -0.1) is 0 Å². The molecule has 0 bridgehead atoms. The number of rotatable bonds is 5. The summed E-state index contributed by atoms with van der Waals surface area (Å²) in [5.74, 6) is 0.886. The van der Waals surface area contributed by atoms with Gasteiger partial charge in [-0.05, 0) is 35.3 Å². The van der Waals surface area contributed by atoms with Crippen LogP contribution in [-0.2, 0) is 0 Å². The third kappa shape index (κ3) is 3.71. The molecule has 0 saturated carbocycles. The lowest BCUT2D eigenvalue weighted by Crippen LogP contribution is -1.89. The van der Waals surface area contributed by atoms with Gasteiger partial charge in [0.2, 0.25) is 0 Å². The van der Waals surface area contributed by atoms with Crippen LogP contribution >= 0.6 is 15.9 Å². The predicted molar refractivity (Wildman–Crippen MR) is 84.9 cm³/mol. The second-order valence-corrected chi connectivity index (χ2v) is 4.98. The Morgan fingerprint density at radius 2 is 1.63 bits per heavy atom. The maximum Gasteiger partial charge on any atom is 0.118 e. The van der Waals surface area contributed by atoms with Crippen molar-refractivity contribution in [1.29, 1.82) is 0 Å². The molecule has 0 unspecified atom stereocenters. The van der Waals surface area contributed by atoms with Gasteiger partial charge < -0.3 is 4.74 Å². The highest BCUT2D eigenvalue weighted by Crippen LogP contribution is 2.25. The van der Waals surface area contributed by atoms with Crippen molar-refractivity contribution in [3.8, 4) is 5.75 Å². The third-order valence-electron chi connectivity index (χ3n) is 2.94. The molecule has 0 spiro atoms. The van der Waals surface area contributed by atoms with E-state index in [1.54, 1.807) is 7.11 Å². The van der Waals surface area contributed by atoms with Crippen molar-refractivity contribution in [2.24, 2.45) is 0 Å². The molecule has 0 fully saturated rings. The van der Waals surface area contributed by atoms with Crippen LogP contribution in [0.5, 0.6) is 5.75 Å². The average molecular weight is 317 g/mol. The first-order valence-corrected chi connectivity index (χ1v) is 7.43. The minimum absolute atomic E-state index is 0.886. The first-order chi connectivity index (χ1) is 9.35. The topological polar surface area (TPSA) is 9.23 Å². The minimum Gasteiger partial charge on any atom is -0.497 e. The minimum atomic E-state index is 0.886. The van der Waals surface area contributed by atoms with Crippen molar-refractivity contribution < 1.29 is 4.74 Å². The first kappa shape index (κ1) is 13.9. The van der Waals surface area contributed by atoms with E-state index in [-0.39, 0.29) is 0 Å². The molecule has 0 aliphatic carbocycles. The number of methoxy groups -OCH3 is 1. The molecule has 0 aliphatic heterocycles. The Hall–Kier alpha value is -1.54. The van der Waals surface area contributed by atoms with Crippen LogP contribution in [0.3, 0.4) is 0 Å². The summed E-state index contributed by atoms with van der Waals surface area (Å²) in [6.07, 6.45) is 3.28. The fraction of sp³-hybridized carbons (Fsp3) is 0.176. The van der Waals surface area contributed by atoms with E-state index in [2.05, 4.69) is 58.4 Å². The molecule has 0 aliphatic rings. The zero-order chi connectivity index (χ0) is 13.5. The lowest BCUT2D eigenvalue weighted by molar-refractivity contribution is 0.415. The van der Waals surface area contributed by atoms with Crippen LogP contribution in [0.2, 0.25) is 0 Å². The van der Waals surface area contributed by atoms with Crippen molar-refractivity contribution in [2.75, 3.05) is 12.4 Å². The molecule has 98 valence electrons. The maximum atomic E-state index is 5.21. The molecular weight excluding hydrogens is 300 g/mol. The highest BCUT2D eigenvalue weighted by Gasteiger charge is 2.04. The molecule has 0 amide bonds. The lowest BCUT2D eigenvalue weighted by atomic mass is 9.97. The number of benzene rings is 2. The zero-order valence-electron chi connectivity index (χ0n) is 11.0. The van der Waals surface area contributed by atoms with Gasteiger partial charge in [0.25, 0.3) is 0 Å². The molecule has 2 aromatic carbocycles. The number of halogens is 1. The number of hydrogen-bond acceptors (Lipinski definition) is 1. The smallest absolute Gasteiger partial charge is 0.118 e. The Labute approximate surface area is 123 Å². The van der Waals surface area contributed by atoms with E-state index in [0.717, 1.165) is 17.5 Å². The predicted octanol–water partition coefficient (Wildman–Crippen LogP) is 4.91. The molecule has 0 aromatic heterocycles. The Morgan fingerprint density at radius 3 is 2.21 bits per heavy atom. The van der Waals surface area contributed by atoms with Crippen LogP contribution in [0.25, 0.3) is 5.57 Å². The number of ether oxygens (including phenoxy) is 1. The summed E-state index contributed by atoms with van der Waals surface area (Å²) < 4.78 is 5.21. The molecule has 2 rings (SSSR count). The van der Waals surface area contributed by atoms with Gasteiger partial charge in [0.05, 0.1) is 7.11 Å². The van der Waals surface area contributed by atoms with Crippen molar-refractivity contribution in [3.63, 3.8) is 0 Å². The van der Waals surface area contributed by atoms with Crippen molar-refractivity contribution >= 4 is 21.5 Å². The normalized spacial score (nSPS) is 11.4. The number of alkyl halides is 1. The van der Waals surface area contributed by atoms with Crippen molar-refractivity contribution in [3.05, 3.63) is 71.8 Å². The van der Waals surface area contributed by atoms with Crippen LogP contribution in [0.4, 0.5) is 0 Å². The Bertz CT molecular complexity index is 529. The van der Waals surface area contributed by atoms with E-state index in [1.165, 1.54) is 16.7 Å². The number of hydrogen-bond donors (Lipinski definition) is 0.